The number of anilines is 1. The Morgan fingerprint density at radius 1 is 1.40 bits per heavy atom. The molecule has 1 aliphatic rings. The van der Waals surface area contributed by atoms with Gasteiger partial charge < -0.3 is 10.8 Å². The van der Waals surface area contributed by atoms with Crippen LogP contribution in [-0.2, 0) is 10.0 Å². The SMILES string of the molecule is Nc1ccc(S(=O)(=O)N(CCCO)C2CCC2)c(Br)c1. The molecule has 112 valence electrons. The van der Waals surface area contributed by atoms with Crippen LogP contribution in [0.25, 0.3) is 0 Å². The summed E-state index contributed by atoms with van der Waals surface area (Å²) >= 11 is 3.27. The van der Waals surface area contributed by atoms with Gasteiger partial charge in [-0.15, -0.1) is 0 Å². The minimum absolute atomic E-state index is 0.0123. The van der Waals surface area contributed by atoms with E-state index in [0.717, 1.165) is 19.3 Å². The van der Waals surface area contributed by atoms with Crippen molar-refractivity contribution in [3.8, 4) is 0 Å². The van der Waals surface area contributed by atoms with E-state index in [9.17, 15) is 8.42 Å². The van der Waals surface area contributed by atoms with E-state index in [1.54, 1.807) is 12.1 Å². The molecule has 1 aromatic rings. The fourth-order valence-corrected chi connectivity index (χ4v) is 5.03. The lowest BCUT2D eigenvalue weighted by Crippen LogP contribution is -2.44. The smallest absolute Gasteiger partial charge is 0.244 e. The summed E-state index contributed by atoms with van der Waals surface area (Å²) < 4.78 is 27.6. The number of nitrogens with zero attached hydrogens (tertiary/aromatic N) is 1. The van der Waals surface area contributed by atoms with Crippen molar-refractivity contribution >= 4 is 31.6 Å². The number of hydrogen-bond acceptors (Lipinski definition) is 4. The summed E-state index contributed by atoms with van der Waals surface area (Å²) in [6, 6.07) is 4.76. The van der Waals surface area contributed by atoms with Crippen LogP contribution in [0.3, 0.4) is 0 Å². The van der Waals surface area contributed by atoms with Crippen LogP contribution in [0.2, 0.25) is 0 Å². The second-order valence-electron chi connectivity index (χ2n) is 4.97. The molecule has 0 bridgehead atoms. The van der Waals surface area contributed by atoms with Crippen LogP contribution in [0.1, 0.15) is 25.7 Å². The van der Waals surface area contributed by atoms with Gasteiger partial charge in [0.2, 0.25) is 10.0 Å². The standard InChI is InChI=1S/C13H19BrN2O3S/c14-12-9-10(15)5-6-13(12)20(18,19)16(7-2-8-17)11-3-1-4-11/h5-6,9,11,17H,1-4,7-8,15H2. The Kier molecular flexibility index (Phi) is 5.06. The Balaban J connectivity index is 2.33. The van der Waals surface area contributed by atoms with Gasteiger partial charge in [0.15, 0.2) is 0 Å². The number of nitrogens with two attached hydrogens (primary N) is 1. The monoisotopic (exact) mass is 362 g/mol. The Labute approximate surface area is 128 Å². The molecule has 5 nitrogen and oxygen atoms in total. The summed E-state index contributed by atoms with van der Waals surface area (Å²) in [5.74, 6) is 0. The van der Waals surface area contributed by atoms with Gasteiger partial charge in [0, 0.05) is 29.4 Å². The zero-order valence-corrected chi connectivity index (χ0v) is 13.5. The molecule has 0 amide bonds. The Bertz CT molecular complexity index is 573. The summed E-state index contributed by atoms with van der Waals surface area (Å²) in [5.41, 5.74) is 6.17. The lowest BCUT2D eigenvalue weighted by molar-refractivity contribution is 0.198. The van der Waals surface area contributed by atoms with Crippen LogP contribution in [0, 0.1) is 0 Å². The molecule has 20 heavy (non-hydrogen) atoms. The van der Waals surface area contributed by atoms with Gasteiger partial charge in [-0.3, -0.25) is 0 Å². The molecule has 1 aliphatic carbocycles. The minimum Gasteiger partial charge on any atom is -0.399 e. The molecule has 0 atom stereocenters. The summed E-state index contributed by atoms with van der Waals surface area (Å²) in [6.07, 6.45) is 3.27. The average Bonchev–Trinajstić information content (AvgIpc) is 2.31. The molecular weight excluding hydrogens is 344 g/mol. The van der Waals surface area contributed by atoms with Crippen LogP contribution in [0.5, 0.6) is 0 Å². The maximum atomic E-state index is 12.8. The number of sulfonamides is 1. The first-order valence-corrected chi connectivity index (χ1v) is 8.88. The Morgan fingerprint density at radius 3 is 2.60 bits per heavy atom. The fraction of sp³-hybridized carbons (Fsp3) is 0.538. The highest BCUT2D eigenvalue weighted by Gasteiger charge is 2.35. The maximum absolute atomic E-state index is 12.8. The normalized spacial score (nSPS) is 16.4. The third kappa shape index (κ3) is 3.16. The number of aliphatic hydroxyl groups excluding tert-OH is 1. The molecule has 0 radical (unpaired) electrons. The molecule has 3 N–H and O–H groups in total. The van der Waals surface area contributed by atoms with Crippen molar-refractivity contribution in [2.45, 2.75) is 36.6 Å². The van der Waals surface area contributed by atoms with Gasteiger partial charge in [-0.1, -0.05) is 6.42 Å². The van der Waals surface area contributed by atoms with Crippen LogP contribution < -0.4 is 5.73 Å². The van der Waals surface area contributed by atoms with E-state index >= 15 is 0 Å². The van der Waals surface area contributed by atoms with Crippen molar-refractivity contribution in [1.82, 2.24) is 4.31 Å². The van der Waals surface area contributed by atoms with Crippen LogP contribution in [0.4, 0.5) is 5.69 Å². The van der Waals surface area contributed by atoms with Gasteiger partial charge in [-0.05, 0) is 53.4 Å². The van der Waals surface area contributed by atoms with Gasteiger partial charge in [0.1, 0.15) is 0 Å². The van der Waals surface area contributed by atoms with E-state index in [1.165, 1.54) is 10.4 Å². The number of hydrogen-bond donors (Lipinski definition) is 2. The van der Waals surface area contributed by atoms with Gasteiger partial charge in [-0.2, -0.15) is 4.31 Å². The minimum atomic E-state index is -3.56. The average molecular weight is 363 g/mol. The van der Waals surface area contributed by atoms with Gasteiger partial charge in [-0.25, -0.2) is 8.42 Å². The lowest BCUT2D eigenvalue weighted by Gasteiger charge is -2.36. The maximum Gasteiger partial charge on any atom is 0.244 e. The van der Waals surface area contributed by atoms with Crippen LogP contribution in [0.15, 0.2) is 27.6 Å². The third-order valence-electron chi connectivity index (χ3n) is 3.56. The first kappa shape index (κ1) is 15.8. The number of aliphatic hydroxyl groups is 1. The molecule has 0 aromatic heterocycles. The fourth-order valence-electron chi connectivity index (χ4n) is 2.25. The predicted octanol–water partition coefficient (Wildman–Crippen LogP) is 1.96. The first-order valence-electron chi connectivity index (χ1n) is 6.64. The van der Waals surface area contributed by atoms with Gasteiger partial charge in [0.05, 0.1) is 4.90 Å². The van der Waals surface area contributed by atoms with Gasteiger partial charge >= 0.3 is 0 Å². The summed E-state index contributed by atoms with van der Waals surface area (Å²) in [7, 11) is -3.56. The van der Waals surface area contributed by atoms with Crippen molar-refractivity contribution in [1.29, 1.82) is 0 Å². The number of rotatable bonds is 6. The van der Waals surface area contributed by atoms with Crippen molar-refractivity contribution in [3.05, 3.63) is 22.7 Å². The molecule has 1 saturated carbocycles. The number of halogens is 1. The molecule has 1 aromatic carbocycles. The van der Waals surface area contributed by atoms with Gasteiger partial charge in [0.25, 0.3) is 0 Å². The zero-order chi connectivity index (χ0) is 14.8. The first-order chi connectivity index (χ1) is 9.46. The van der Waals surface area contributed by atoms with Crippen molar-refractivity contribution in [2.75, 3.05) is 18.9 Å². The number of nitrogen functional groups attached to an aromatic ring is 1. The molecule has 2 rings (SSSR count). The molecule has 0 aliphatic heterocycles. The second kappa shape index (κ2) is 6.43. The van der Waals surface area contributed by atoms with Crippen LogP contribution in [-0.4, -0.2) is 37.0 Å². The van der Waals surface area contributed by atoms with Crippen LogP contribution >= 0.6 is 15.9 Å². The molecule has 0 spiro atoms. The predicted molar refractivity (Wildman–Crippen MR) is 81.8 cm³/mol. The molecule has 0 unspecified atom stereocenters. The highest BCUT2D eigenvalue weighted by atomic mass is 79.9. The Morgan fingerprint density at radius 2 is 2.10 bits per heavy atom. The topological polar surface area (TPSA) is 83.6 Å². The van der Waals surface area contributed by atoms with E-state index in [2.05, 4.69) is 15.9 Å². The summed E-state index contributed by atoms with van der Waals surface area (Å²) in [4.78, 5) is 0.233. The summed E-state index contributed by atoms with van der Waals surface area (Å²) in [5, 5.41) is 8.97. The molecule has 0 saturated heterocycles. The molecule has 7 heteroatoms. The Hall–Kier alpha value is -0.630. The van der Waals surface area contributed by atoms with E-state index < -0.39 is 10.0 Å². The van der Waals surface area contributed by atoms with Crippen molar-refractivity contribution in [3.63, 3.8) is 0 Å². The van der Waals surface area contributed by atoms with Crippen molar-refractivity contribution < 1.29 is 13.5 Å². The molecule has 0 heterocycles. The summed E-state index contributed by atoms with van der Waals surface area (Å²) in [6.45, 7) is 0.335. The largest absolute Gasteiger partial charge is 0.399 e. The highest BCUT2D eigenvalue weighted by Crippen LogP contribution is 2.33. The van der Waals surface area contributed by atoms with E-state index in [1.807, 2.05) is 0 Å². The van der Waals surface area contributed by atoms with E-state index in [4.69, 9.17) is 10.8 Å². The van der Waals surface area contributed by atoms with E-state index in [-0.39, 0.29) is 17.5 Å². The molecule has 1 fully saturated rings. The lowest BCUT2D eigenvalue weighted by atomic mass is 9.93. The van der Waals surface area contributed by atoms with Crippen molar-refractivity contribution in [2.24, 2.45) is 0 Å². The number of benzene rings is 1. The second-order valence-corrected chi connectivity index (χ2v) is 7.68. The zero-order valence-electron chi connectivity index (χ0n) is 11.1. The third-order valence-corrected chi connectivity index (χ3v) is 6.49. The molecular formula is C13H19BrN2O3S. The van der Waals surface area contributed by atoms with E-state index in [0.29, 0.717) is 23.1 Å². The quantitative estimate of drug-likeness (QED) is 0.757. The highest BCUT2D eigenvalue weighted by molar-refractivity contribution is 9.10.